The molecule has 2 saturated heterocycles. The number of benzene rings is 1. The van der Waals surface area contributed by atoms with Crippen LogP contribution in [0, 0.1) is 5.92 Å². The fraction of sp³-hybridized carbons (Fsp3) is 0.438. The third-order valence-corrected chi connectivity index (χ3v) is 4.91. The Labute approximate surface area is 139 Å². The van der Waals surface area contributed by atoms with E-state index in [0.29, 0.717) is 19.6 Å². The first-order valence-electron chi connectivity index (χ1n) is 7.58. The average molecular weight is 333 g/mol. The lowest BCUT2D eigenvalue weighted by Crippen LogP contribution is -2.51. The van der Waals surface area contributed by atoms with Crippen molar-refractivity contribution in [2.24, 2.45) is 5.92 Å². The molecule has 0 bridgehead atoms. The molecule has 6 nitrogen and oxygen atoms in total. The normalized spacial score (nSPS) is 21.5. The predicted molar refractivity (Wildman–Crippen MR) is 88.3 cm³/mol. The molecule has 2 aliphatic heterocycles. The zero-order valence-electron chi connectivity index (χ0n) is 12.9. The first-order valence-corrected chi connectivity index (χ1v) is 8.81. The summed E-state index contributed by atoms with van der Waals surface area (Å²) in [6.45, 7) is 1.46. The van der Waals surface area contributed by atoms with E-state index in [1.165, 1.54) is 0 Å². The van der Waals surface area contributed by atoms with E-state index in [1.54, 1.807) is 21.6 Å². The minimum Gasteiger partial charge on any atom is -0.353 e. The predicted octanol–water partition coefficient (Wildman–Crippen LogP) is 0.720. The number of thioether (sulfide) groups is 1. The van der Waals surface area contributed by atoms with Crippen LogP contribution in [0.25, 0.3) is 0 Å². The Hall–Kier alpha value is -2.02. The summed E-state index contributed by atoms with van der Waals surface area (Å²) in [5, 5.41) is 2.70. The molecule has 1 aromatic carbocycles. The fourth-order valence-electron chi connectivity index (χ4n) is 2.99. The second kappa shape index (κ2) is 6.62. The summed E-state index contributed by atoms with van der Waals surface area (Å²) in [6, 6.07) is 7.75. The van der Waals surface area contributed by atoms with Crippen molar-refractivity contribution in [3.05, 3.63) is 24.3 Å². The van der Waals surface area contributed by atoms with E-state index in [-0.39, 0.29) is 36.6 Å². The van der Waals surface area contributed by atoms with Gasteiger partial charge >= 0.3 is 0 Å². The third-order valence-electron chi connectivity index (χ3n) is 4.19. The summed E-state index contributed by atoms with van der Waals surface area (Å²) < 4.78 is 0. The van der Waals surface area contributed by atoms with Crippen LogP contribution in [0.1, 0.15) is 6.42 Å². The van der Waals surface area contributed by atoms with Gasteiger partial charge < -0.3 is 15.1 Å². The minimum absolute atomic E-state index is 0.0388. The topological polar surface area (TPSA) is 69.7 Å². The highest BCUT2D eigenvalue weighted by Crippen LogP contribution is 2.29. The van der Waals surface area contributed by atoms with Gasteiger partial charge in [-0.25, -0.2) is 0 Å². The van der Waals surface area contributed by atoms with E-state index < -0.39 is 0 Å². The molecule has 3 rings (SSSR count). The van der Waals surface area contributed by atoms with Gasteiger partial charge in [-0.2, -0.15) is 0 Å². The highest BCUT2D eigenvalue weighted by atomic mass is 32.2. The maximum atomic E-state index is 12.6. The molecular formula is C16H19N3O3S. The molecule has 3 amide bonds. The molecule has 0 radical (unpaired) electrons. The van der Waals surface area contributed by atoms with Gasteiger partial charge in [-0.3, -0.25) is 14.4 Å². The Morgan fingerprint density at radius 2 is 2.17 bits per heavy atom. The number of rotatable bonds is 3. The first-order chi connectivity index (χ1) is 11.1. The van der Waals surface area contributed by atoms with Crippen molar-refractivity contribution in [2.75, 3.05) is 37.3 Å². The van der Waals surface area contributed by atoms with Crippen LogP contribution in [-0.4, -0.2) is 55.1 Å². The summed E-state index contributed by atoms with van der Waals surface area (Å²) in [5.41, 5.74) is 0.827. The van der Waals surface area contributed by atoms with E-state index in [0.717, 1.165) is 10.6 Å². The van der Waals surface area contributed by atoms with E-state index in [2.05, 4.69) is 5.32 Å². The monoisotopic (exact) mass is 333 g/mol. The third kappa shape index (κ3) is 3.34. The standard InChI is InChI=1S/C16H19N3O3S/c1-23-13-4-2-3-12(8-13)19-9-11(7-15(19)21)16(22)18-6-5-17-14(20)10-18/h2-4,8,11H,5-7,9-10H2,1H3,(H,17,20)/t11-/m0/s1. The van der Waals surface area contributed by atoms with E-state index in [1.807, 2.05) is 30.5 Å². The van der Waals surface area contributed by atoms with Crippen molar-refractivity contribution in [1.29, 1.82) is 0 Å². The summed E-state index contributed by atoms with van der Waals surface area (Å²) in [4.78, 5) is 40.6. The summed E-state index contributed by atoms with van der Waals surface area (Å²) in [7, 11) is 0. The highest BCUT2D eigenvalue weighted by molar-refractivity contribution is 7.98. The molecule has 122 valence electrons. The van der Waals surface area contributed by atoms with Crippen LogP contribution in [0.15, 0.2) is 29.2 Å². The number of hydrogen-bond donors (Lipinski definition) is 1. The van der Waals surface area contributed by atoms with Crippen LogP contribution in [0.4, 0.5) is 5.69 Å². The van der Waals surface area contributed by atoms with Gasteiger partial charge in [0.15, 0.2) is 0 Å². The van der Waals surface area contributed by atoms with E-state index in [4.69, 9.17) is 0 Å². The van der Waals surface area contributed by atoms with Gasteiger partial charge in [-0.1, -0.05) is 6.07 Å². The molecule has 0 saturated carbocycles. The number of anilines is 1. The minimum atomic E-state index is -0.369. The van der Waals surface area contributed by atoms with Crippen LogP contribution in [0.3, 0.4) is 0 Å². The Balaban J connectivity index is 1.71. The number of piperazine rings is 1. The fourth-order valence-corrected chi connectivity index (χ4v) is 3.44. The van der Waals surface area contributed by atoms with Crippen LogP contribution in [0.5, 0.6) is 0 Å². The van der Waals surface area contributed by atoms with Gasteiger partial charge in [-0.05, 0) is 24.5 Å². The Morgan fingerprint density at radius 3 is 2.91 bits per heavy atom. The molecule has 2 heterocycles. The van der Waals surface area contributed by atoms with Crippen molar-refractivity contribution < 1.29 is 14.4 Å². The van der Waals surface area contributed by atoms with Crippen LogP contribution in [-0.2, 0) is 14.4 Å². The van der Waals surface area contributed by atoms with Crippen LogP contribution < -0.4 is 10.2 Å². The Kier molecular flexibility index (Phi) is 4.56. The molecule has 7 heteroatoms. The van der Waals surface area contributed by atoms with Gasteiger partial charge in [0, 0.05) is 36.6 Å². The van der Waals surface area contributed by atoms with Gasteiger partial charge in [-0.15, -0.1) is 11.8 Å². The van der Waals surface area contributed by atoms with Gasteiger partial charge in [0.2, 0.25) is 17.7 Å². The number of amides is 3. The quantitative estimate of drug-likeness (QED) is 0.828. The lowest BCUT2D eigenvalue weighted by atomic mass is 10.1. The maximum Gasteiger partial charge on any atom is 0.239 e. The Bertz CT molecular complexity index is 649. The molecule has 2 aliphatic rings. The molecule has 1 N–H and O–H groups in total. The number of nitrogens with zero attached hydrogens (tertiary/aromatic N) is 2. The van der Waals surface area contributed by atoms with Crippen molar-refractivity contribution in [1.82, 2.24) is 10.2 Å². The lowest BCUT2D eigenvalue weighted by molar-refractivity contribution is -0.141. The van der Waals surface area contributed by atoms with E-state index in [9.17, 15) is 14.4 Å². The van der Waals surface area contributed by atoms with Crippen molar-refractivity contribution >= 4 is 35.2 Å². The lowest BCUT2D eigenvalue weighted by Gasteiger charge is -2.28. The van der Waals surface area contributed by atoms with E-state index >= 15 is 0 Å². The zero-order valence-corrected chi connectivity index (χ0v) is 13.8. The molecule has 2 fully saturated rings. The molecule has 0 aliphatic carbocycles. The summed E-state index contributed by atoms with van der Waals surface area (Å²) in [6.07, 6.45) is 2.19. The molecule has 1 aromatic rings. The average Bonchev–Trinajstić information content (AvgIpc) is 2.96. The van der Waals surface area contributed by atoms with Gasteiger partial charge in [0.25, 0.3) is 0 Å². The molecule has 0 aromatic heterocycles. The second-order valence-corrected chi connectivity index (χ2v) is 6.60. The molecule has 0 unspecified atom stereocenters. The van der Waals surface area contributed by atoms with Crippen molar-refractivity contribution in [2.45, 2.75) is 11.3 Å². The largest absolute Gasteiger partial charge is 0.353 e. The number of hydrogen-bond acceptors (Lipinski definition) is 4. The number of carbonyl (C=O) groups is 3. The molecule has 1 atom stereocenters. The summed E-state index contributed by atoms with van der Waals surface area (Å²) >= 11 is 1.62. The molecule has 23 heavy (non-hydrogen) atoms. The first kappa shape index (κ1) is 15.9. The van der Waals surface area contributed by atoms with Crippen molar-refractivity contribution in [3.8, 4) is 0 Å². The van der Waals surface area contributed by atoms with Crippen LogP contribution >= 0.6 is 11.8 Å². The summed E-state index contributed by atoms with van der Waals surface area (Å²) in [5.74, 6) is -0.649. The zero-order chi connectivity index (χ0) is 16.4. The van der Waals surface area contributed by atoms with Gasteiger partial charge in [0.05, 0.1) is 12.5 Å². The smallest absolute Gasteiger partial charge is 0.239 e. The second-order valence-electron chi connectivity index (χ2n) is 5.72. The molecule has 0 spiro atoms. The Morgan fingerprint density at radius 1 is 1.35 bits per heavy atom. The highest BCUT2D eigenvalue weighted by Gasteiger charge is 2.38. The van der Waals surface area contributed by atoms with Crippen LogP contribution in [0.2, 0.25) is 0 Å². The maximum absolute atomic E-state index is 12.6. The number of carbonyl (C=O) groups excluding carboxylic acids is 3. The van der Waals surface area contributed by atoms with Gasteiger partial charge in [0.1, 0.15) is 0 Å². The number of nitrogens with one attached hydrogen (secondary N) is 1. The molecular weight excluding hydrogens is 314 g/mol. The SMILES string of the molecule is CSc1cccc(N2C[C@@H](C(=O)N3CCNC(=O)C3)CC2=O)c1. The van der Waals surface area contributed by atoms with Crippen molar-refractivity contribution in [3.63, 3.8) is 0 Å².